The van der Waals surface area contributed by atoms with Gasteiger partial charge >= 0.3 is 0 Å². The molecule has 0 saturated carbocycles. The van der Waals surface area contributed by atoms with Gasteiger partial charge in [0.15, 0.2) is 0 Å². The number of aromatic nitrogens is 2. The highest BCUT2D eigenvalue weighted by atomic mass is 32.1. The van der Waals surface area contributed by atoms with Crippen LogP contribution in [0.4, 0.5) is 4.39 Å². The van der Waals surface area contributed by atoms with E-state index >= 15 is 0 Å². The Labute approximate surface area is 189 Å². The number of hydrogen-bond donors (Lipinski definition) is 0. The van der Waals surface area contributed by atoms with Gasteiger partial charge < -0.3 is 4.90 Å². The van der Waals surface area contributed by atoms with Crippen LogP contribution in [-0.2, 0) is 11.2 Å². The van der Waals surface area contributed by atoms with Gasteiger partial charge in [-0.3, -0.25) is 14.2 Å². The van der Waals surface area contributed by atoms with Crippen molar-refractivity contribution in [3.63, 3.8) is 0 Å². The summed E-state index contributed by atoms with van der Waals surface area (Å²) in [5.41, 5.74) is 0.838. The Morgan fingerprint density at radius 3 is 2.56 bits per heavy atom. The van der Waals surface area contributed by atoms with Gasteiger partial charge in [-0.2, -0.15) is 0 Å². The average molecular weight is 450 g/mol. The van der Waals surface area contributed by atoms with E-state index in [0.29, 0.717) is 35.4 Å². The SMILES string of the molecule is CCCN(C(=O)Cc1cccs1)C(C)c1nc2ccccc2c(=O)n1-c1ccc(F)cc1. The molecule has 2 aromatic heterocycles. The first-order valence-electron chi connectivity index (χ1n) is 10.6. The van der Waals surface area contributed by atoms with Crippen LogP contribution in [0, 0.1) is 5.82 Å². The number of thiophene rings is 1. The normalized spacial score (nSPS) is 12.1. The van der Waals surface area contributed by atoms with Crippen LogP contribution in [0.25, 0.3) is 16.6 Å². The Kier molecular flexibility index (Phi) is 6.46. The molecule has 164 valence electrons. The number of rotatable bonds is 7. The highest BCUT2D eigenvalue weighted by Gasteiger charge is 2.26. The molecule has 4 aromatic rings. The zero-order valence-corrected chi connectivity index (χ0v) is 18.8. The fourth-order valence-electron chi connectivity index (χ4n) is 3.85. The zero-order valence-electron chi connectivity index (χ0n) is 18.0. The van der Waals surface area contributed by atoms with Crippen LogP contribution in [-0.4, -0.2) is 26.9 Å². The summed E-state index contributed by atoms with van der Waals surface area (Å²) in [6.07, 6.45) is 1.07. The molecule has 0 saturated heterocycles. The van der Waals surface area contributed by atoms with Gasteiger partial charge in [0, 0.05) is 11.4 Å². The van der Waals surface area contributed by atoms with Crippen LogP contribution in [0.1, 0.15) is 37.0 Å². The molecule has 32 heavy (non-hydrogen) atoms. The molecule has 0 N–H and O–H groups in total. The fraction of sp³-hybridized carbons (Fsp3) is 0.240. The fourth-order valence-corrected chi connectivity index (χ4v) is 4.54. The van der Waals surface area contributed by atoms with E-state index in [2.05, 4.69) is 0 Å². The summed E-state index contributed by atoms with van der Waals surface area (Å²) in [6.45, 7) is 4.44. The predicted octanol–water partition coefficient (Wildman–Crippen LogP) is 5.13. The Hall–Kier alpha value is -3.32. The summed E-state index contributed by atoms with van der Waals surface area (Å²) < 4.78 is 15.1. The minimum Gasteiger partial charge on any atom is -0.332 e. The zero-order chi connectivity index (χ0) is 22.7. The largest absolute Gasteiger partial charge is 0.332 e. The minimum absolute atomic E-state index is 0.0186. The van der Waals surface area contributed by atoms with Gasteiger partial charge in [0.05, 0.1) is 29.1 Å². The summed E-state index contributed by atoms with van der Waals surface area (Å²) in [5, 5.41) is 2.42. The van der Waals surface area contributed by atoms with E-state index in [0.717, 1.165) is 11.3 Å². The maximum absolute atomic E-state index is 13.6. The molecular formula is C25H24FN3O2S. The van der Waals surface area contributed by atoms with Crippen molar-refractivity contribution in [3.05, 3.63) is 92.9 Å². The van der Waals surface area contributed by atoms with Crippen LogP contribution < -0.4 is 5.56 Å². The Morgan fingerprint density at radius 1 is 1.12 bits per heavy atom. The van der Waals surface area contributed by atoms with E-state index < -0.39 is 6.04 Å². The molecule has 0 aliphatic rings. The molecule has 4 rings (SSSR count). The number of halogens is 1. The standard InChI is InChI=1S/C25H24FN3O2S/c1-3-14-28(23(30)16-20-7-6-15-32-20)17(2)24-27-22-9-5-4-8-21(22)25(31)29(24)19-12-10-18(26)11-13-19/h4-13,15,17H,3,14,16H2,1-2H3. The molecule has 0 radical (unpaired) electrons. The Morgan fingerprint density at radius 2 is 1.88 bits per heavy atom. The molecular weight excluding hydrogens is 425 g/mol. The van der Waals surface area contributed by atoms with Crippen LogP contribution in [0.2, 0.25) is 0 Å². The van der Waals surface area contributed by atoms with Crippen molar-refractivity contribution in [1.29, 1.82) is 0 Å². The second kappa shape index (κ2) is 9.44. The molecule has 1 atom stereocenters. The van der Waals surface area contributed by atoms with Gasteiger partial charge in [-0.1, -0.05) is 25.1 Å². The van der Waals surface area contributed by atoms with Gasteiger partial charge in [-0.15, -0.1) is 11.3 Å². The predicted molar refractivity (Wildman–Crippen MR) is 126 cm³/mol. The van der Waals surface area contributed by atoms with Crippen molar-refractivity contribution in [1.82, 2.24) is 14.5 Å². The Bertz CT molecular complexity index is 1280. The molecule has 0 aliphatic carbocycles. The topological polar surface area (TPSA) is 55.2 Å². The summed E-state index contributed by atoms with van der Waals surface area (Å²) >= 11 is 1.55. The third-order valence-corrected chi connectivity index (χ3v) is 6.29. The second-order valence-electron chi connectivity index (χ2n) is 7.62. The number of benzene rings is 2. The first-order valence-corrected chi connectivity index (χ1v) is 11.5. The number of amides is 1. The lowest BCUT2D eigenvalue weighted by Crippen LogP contribution is -2.38. The van der Waals surface area contributed by atoms with Crippen LogP contribution in [0.15, 0.2) is 70.8 Å². The molecule has 1 unspecified atom stereocenters. The first kappa shape index (κ1) is 21.9. The van der Waals surface area contributed by atoms with Gasteiger partial charge in [0.2, 0.25) is 5.91 Å². The number of hydrogen-bond acceptors (Lipinski definition) is 4. The number of nitrogens with zero attached hydrogens (tertiary/aromatic N) is 3. The molecule has 2 aromatic carbocycles. The lowest BCUT2D eigenvalue weighted by Gasteiger charge is -2.30. The van der Waals surface area contributed by atoms with Crippen molar-refractivity contribution < 1.29 is 9.18 Å². The average Bonchev–Trinajstić information content (AvgIpc) is 3.31. The summed E-state index contributed by atoms with van der Waals surface area (Å²) in [4.78, 5) is 34.3. The number of fused-ring (bicyclic) bond motifs is 1. The van der Waals surface area contributed by atoms with E-state index in [1.54, 1.807) is 46.6 Å². The summed E-state index contributed by atoms with van der Waals surface area (Å²) in [5.74, 6) is 0.0482. The highest BCUT2D eigenvalue weighted by Crippen LogP contribution is 2.24. The van der Waals surface area contributed by atoms with Crippen molar-refractivity contribution in [2.75, 3.05) is 6.54 Å². The minimum atomic E-state index is -0.454. The monoisotopic (exact) mass is 449 g/mol. The van der Waals surface area contributed by atoms with Crippen LogP contribution in [0.5, 0.6) is 0 Å². The third-order valence-electron chi connectivity index (χ3n) is 5.42. The molecule has 0 aliphatic heterocycles. The van der Waals surface area contributed by atoms with E-state index in [4.69, 9.17) is 4.98 Å². The number of para-hydroxylation sites is 1. The number of carbonyl (C=O) groups excluding carboxylic acids is 1. The van der Waals surface area contributed by atoms with Crippen LogP contribution in [0.3, 0.4) is 0 Å². The molecule has 0 fully saturated rings. The van der Waals surface area contributed by atoms with Crippen molar-refractivity contribution >= 4 is 28.1 Å². The quantitative estimate of drug-likeness (QED) is 0.393. The lowest BCUT2D eigenvalue weighted by atomic mass is 10.1. The molecule has 5 nitrogen and oxygen atoms in total. The summed E-state index contributed by atoms with van der Waals surface area (Å²) in [7, 11) is 0. The Balaban J connectivity index is 1.85. The van der Waals surface area contributed by atoms with Gasteiger partial charge in [0.25, 0.3) is 5.56 Å². The summed E-state index contributed by atoms with van der Waals surface area (Å²) in [6, 6.07) is 16.3. The maximum Gasteiger partial charge on any atom is 0.266 e. The van der Waals surface area contributed by atoms with Crippen molar-refractivity contribution in [2.45, 2.75) is 32.7 Å². The van der Waals surface area contributed by atoms with E-state index in [9.17, 15) is 14.0 Å². The van der Waals surface area contributed by atoms with Gasteiger partial charge in [-0.05, 0) is 61.2 Å². The van der Waals surface area contributed by atoms with Gasteiger partial charge in [-0.25, -0.2) is 9.37 Å². The second-order valence-corrected chi connectivity index (χ2v) is 8.66. The third kappa shape index (κ3) is 4.34. The number of carbonyl (C=O) groups is 1. The van der Waals surface area contributed by atoms with E-state index in [1.807, 2.05) is 37.4 Å². The molecule has 1 amide bonds. The smallest absolute Gasteiger partial charge is 0.266 e. The molecule has 7 heteroatoms. The highest BCUT2D eigenvalue weighted by molar-refractivity contribution is 7.10. The molecule has 0 bridgehead atoms. The first-order chi connectivity index (χ1) is 15.5. The lowest BCUT2D eigenvalue weighted by molar-refractivity contribution is -0.132. The molecule has 2 heterocycles. The van der Waals surface area contributed by atoms with Crippen molar-refractivity contribution in [3.8, 4) is 5.69 Å². The van der Waals surface area contributed by atoms with E-state index in [-0.39, 0.29) is 17.3 Å². The van der Waals surface area contributed by atoms with E-state index in [1.165, 1.54) is 16.7 Å². The van der Waals surface area contributed by atoms with Gasteiger partial charge in [0.1, 0.15) is 11.6 Å². The molecule has 0 spiro atoms. The van der Waals surface area contributed by atoms with Crippen LogP contribution >= 0.6 is 11.3 Å². The maximum atomic E-state index is 13.6. The van der Waals surface area contributed by atoms with Crippen molar-refractivity contribution in [2.24, 2.45) is 0 Å².